The molecule has 4 heteroatoms. The minimum absolute atomic E-state index is 0.727. The van der Waals surface area contributed by atoms with E-state index in [1.165, 1.54) is 29.7 Å². The lowest BCUT2D eigenvalue weighted by Crippen LogP contribution is -1.98. The maximum atomic E-state index is 5.92. The van der Waals surface area contributed by atoms with Gasteiger partial charge in [0, 0.05) is 20.8 Å². The van der Waals surface area contributed by atoms with Gasteiger partial charge in [-0.2, -0.15) is 0 Å². The summed E-state index contributed by atoms with van der Waals surface area (Å²) in [5.41, 5.74) is 2.41. The average Bonchev–Trinajstić information content (AvgIpc) is 2.85. The van der Waals surface area contributed by atoms with Crippen LogP contribution < -0.4 is 0 Å². The van der Waals surface area contributed by atoms with Crippen molar-refractivity contribution in [2.75, 3.05) is 0 Å². The first-order valence-electron chi connectivity index (χ1n) is 6.77. The van der Waals surface area contributed by atoms with E-state index in [1.54, 1.807) is 11.3 Å². The quantitative estimate of drug-likeness (QED) is 0.651. The molecule has 0 unspecified atom stereocenters. The smallest absolute Gasteiger partial charge is 0.161 e. The van der Waals surface area contributed by atoms with Crippen LogP contribution in [-0.2, 0) is 12.8 Å². The predicted octanol–water partition coefficient (Wildman–Crippen LogP) is 4.69. The molecular weight excluding hydrogens is 288 g/mol. The summed E-state index contributed by atoms with van der Waals surface area (Å²) in [4.78, 5) is 11.7. The van der Waals surface area contributed by atoms with Gasteiger partial charge in [-0.1, -0.05) is 11.6 Å². The fraction of sp³-hybridized carbons (Fsp3) is 0.250. The SMILES string of the molecule is Clc1ccc(-c2n[c]c3c4c(sc3n2)CCCC4)cc1. The highest BCUT2D eigenvalue weighted by Gasteiger charge is 2.17. The standard InChI is InChI=1S/C16H12ClN2S/c17-11-7-5-10(6-8-11)15-18-9-13-12-3-1-2-4-14(12)20-16(13)19-15/h5-8H,1-4H2. The number of nitrogens with zero attached hydrogens (tertiary/aromatic N) is 2. The van der Waals surface area contributed by atoms with Gasteiger partial charge in [0.1, 0.15) is 11.0 Å². The summed E-state index contributed by atoms with van der Waals surface area (Å²) in [7, 11) is 0. The molecule has 1 aliphatic carbocycles. The molecule has 2 nitrogen and oxygen atoms in total. The Bertz CT molecular complexity index is 777. The molecule has 0 bridgehead atoms. The molecule has 0 N–H and O–H groups in total. The zero-order valence-electron chi connectivity index (χ0n) is 10.8. The van der Waals surface area contributed by atoms with Gasteiger partial charge in [-0.3, -0.25) is 0 Å². The molecule has 0 saturated carbocycles. The Hall–Kier alpha value is -1.45. The van der Waals surface area contributed by atoms with E-state index in [9.17, 15) is 0 Å². The van der Waals surface area contributed by atoms with Crippen LogP contribution in [0, 0.1) is 6.20 Å². The van der Waals surface area contributed by atoms with Crippen LogP contribution in [0.5, 0.6) is 0 Å². The van der Waals surface area contributed by atoms with Gasteiger partial charge in [0.05, 0.1) is 0 Å². The lowest BCUT2D eigenvalue weighted by molar-refractivity contribution is 0.700. The molecule has 0 aliphatic heterocycles. The Morgan fingerprint density at radius 1 is 1.10 bits per heavy atom. The molecule has 3 aromatic rings. The van der Waals surface area contributed by atoms with Gasteiger partial charge < -0.3 is 0 Å². The molecular formula is C16H12ClN2S. The van der Waals surface area contributed by atoms with Crippen LogP contribution in [0.4, 0.5) is 0 Å². The van der Waals surface area contributed by atoms with E-state index in [2.05, 4.69) is 11.2 Å². The van der Waals surface area contributed by atoms with E-state index >= 15 is 0 Å². The first-order valence-corrected chi connectivity index (χ1v) is 7.96. The van der Waals surface area contributed by atoms with Gasteiger partial charge in [0.25, 0.3) is 0 Å². The number of thiophene rings is 1. The Balaban J connectivity index is 1.84. The van der Waals surface area contributed by atoms with Crippen molar-refractivity contribution in [3.8, 4) is 11.4 Å². The summed E-state index contributed by atoms with van der Waals surface area (Å²) >= 11 is 7.72. The highest BCUT2D eigenvalue weighted by Crippen LogP contribution is 2.35. The number of rotatable bonds is 1. The van der Waals surface area contributed by atoms with Gasteiger partial charge in [-0.25, -0.2) is 9.97 Å². The van der Waals surface area contributed by atoms with Gasteiger partial charge >= 0.3 is 0 Å². The van der Waals surface area contributed by atoms with Crippen molar-refractivity contribution in [3.63, 3.8) is 0 Å². The number of benzene rings is 1. The van der Waals surface area contributed by atoms with E-state index in [0.717, 1.165) is 33.0 Å². The number of hydrogen-bond donors (Lipinski definition) is 0. The predicted molar refractivity (Wildman–Crippen MR) is 83.3 cm³/mol. The van der Waals surface area contributed by atoms with E-state index in [-0.39, 0.29) is 0 Å². The monoisotopic (exact) mass is 299 g/mol. The number of hydrogen-bond acceptors (Lipinski definition) is 3. The third-order valence-corrected chi connectivity index (χ3v) is 5.17. The lowest BCUT2D eigenvalue weighted by atomic mass is 9.97. The van der Waals surface area contributed by atoms with Crippen LogP contribution in [0.25, 0.3) is 21.6 Å². The molecule has 1 aliphatic rings. The van der Waals surface area contributed by atoms with Crippen molar-refractivity contribution >= 4 is 33.2 Å². The van der Waals surface area contributed by atoms with Crippen molar-refractivity contribution < 1.29 is 0 Å². The minimum Gasteiger partial charge on any atom is -0.226 e. The Kier molecular flexibility index (Phi) is 2.97. The van der Waals surface area contributed by atoms with E-state index in [0.29, 0.717) is 0 Å². The van der Waals surface area contributed by atoms with Crippen LogP contribution in [0.2, 0.25) is 5.02 Å². The largest absolute Gasteiger partial charge is 0.226 e. The molecule has 2 aromatic heterocycles. The molecule has 1 aromatic carbocycles. The lowest BCUT2D eigenvalue weighted by Gasteiger charge is -2.09. The van der Waals surface area contributed by atoms with Gasteiger partial charge in [0.15, 0.2) is 5.82 Å². The molecule has 1 radical (unpaired) electrons. The summed E-state index contributed by atoms with van der Waals surface area (Å²) in [6.07, 6.45) is 8.09. The Morgan fingerprint density at radius 2 is 1.90 bits per heavy atom. The summed E-state index contributed by atoms with van der Waals surface area (Å²) in [6, 6.07) is 7.63. The summed E-state index contributed by atoms with van der Waals surface area (Å²) < 4.78 is 0. The Labute approximate surface area is 126 Å². The molecule has 99 valence electrons. The second kappa shape index (κ2) is 4.83. The molecule has 4 rings (SSSR count). The van der Waals surface area contributed by atoms with Gasteiger partial charge in [-0.15, -0.1) is 11.3 Å². The van der Waals surface area contributed by atoms with Crippen molar-refractivity contribution in [3.05, 3.63) is 45.9 Å². The molecule has 20 heavy (non-hydrogen) atoms. The van der Waals surface area contributed by atoms with E-state index in [4.69, 9.17) is 16.6 Å². The first-order chi connectivity index (χ1) is 9.81. The van der Waals surface area contributed by atoms with Crippen LogP contribution in [0.3, 0.4) is 0 Å². The average molecular weight is 300 g/mol. The third kappa shape index (κ3) is 2.02. The number of fused-ring (bicyclic) bond motifs is 3. The van der Waals surface area contributed by atoms with Crippen LogP contribution in [0.1, 0.15) is 23.3 Å². The molecule has 0 saturated heterocycles. The highest BCUT2D eigenvalue weighted by atomic mass is 35.5. The van der Waals surface area contributed by atoms with Crippen molar-refractivity contribution in [1.82, 2.24) is 9.97 Å². The van der Waals surface area contributed by atoms with E-state index < -0.39 is 0 Å². The van der Waals surface area contributed by atoms with Crippen LogP contribution in [-0.4, -0.2) is 9.97 Å². The number of aryl methyl sites for hydroxylation is 2. The zero-order chi connectivity index (χ0) is 13.5. The number of aromatic nitrogens is 2. The van der Waals surface area contributed by atoms with Crippen molar-refractivity contribution in [2.24, 2.45) is 0 Å². The summed E-state index contributed by atoms with van der Waals surface area (Å²) in [6.45, 7) is 0. The second-order valence-corrected chi connectivity index (χ2v) is 6.58. The maximum Gasteiger partial charge on any atom is 0.161 e. The fourth-order valence-corrected chi connectivity index (χ4v) is 4.04. The zero-order valence-corrected chi connectivity index (χ0v) is 12.4. The van der Waals surface area contributed by atoms with Gasteiger partial charge in [0.2, 0.25) is 0 Å². The number of halogens is 1. The van der Waals surface area contributed by atoms with Crippen LogP contribution in [0.15, 0.2) is 24.3 Å². The highest BCUT2D eigenvalue weighted by molar-refractivity contribution is 7.18. The van der Waals surface area contributed by atoms with Crippen molar-refractivity contribution in [1.29, 1.82) is 0 Å². The molecule has 0 atom stereocenters. The first kappa shape index (κ1) is 12.3. The topological polar surface area (TPSA) is 25.8 Å². The second-order valence-electron chi connectivity index (χ2n) is 5.06. The van der Waals surface area contributed by atoms with Crippen molar-refractivity contribution in [2.45, 2.75) is 25.7 Å². The Morgan fingerprint density at radius 3 is 2.75 bits per heavy atom. The molecule has 0 spiro atoms. The fourth-order valence-electron chi connectivity index (χ4n) is 2.70. The molecule has 0 fully saturated rings. The van der Waals surface area contributed by atoms with Crippen LogP contribution >= 0.6 is 22.9 Å². The normalized spacial score (nSPS) is 14.4. The summed E-state index contributed by atoms with van der Waals surface area (Å²) in [5, 5.41) is 1.85. The minimum atomic E-state index is 0.727. The van der Waals surface area contributed by atoms with Gasteiger partial charge in [-0.05, 0) is 55.5 Å². The third-order valence-electron chi connectivity index (χ3n) is 3.74. The van der Waals surface area contributed by atoms with E-state index in [1.807, 2.05) is 24.3 Å². The molecule has 2 heterocycles. The molecule has 0 amide bonds. The summed E-state index contributed by atoms with van der Waals surface area (Å²) in [5.74, 6) is 0.729. The maximum absolute atomic E-state index is 5.92.